The number of hydrogen-bond donors (Lipinski definition) is 2. The molecule has 0 bridgehead atoms. The molecule has 0 aliphatic rings. The van der Waals surface area contributed by atoms with Crippen molar-refractivity contribution in [1.82, 2.24) is 0 Å². The van der Waals surface area contributed by atoms with E-state index in [1.165, 1.54) is 12.1 Å². The number of nitrogen functional groups attached to an aromatic ring is 1. The highest BCUT2D eigenvalue weighted by Crippen LogP contribution is 2.34. The predicted octanol–water partition coefficient (Wildman–Crippen LogP) is 3.63. The SMILES string of the molecule is Nc1cc(Br)cc(Br)c1NC(=O)C(F)(F)C(F)F. The van der Waals surface area contributed by atoms with Crippen molar-refractivity contribution in [3.05, 3.63) is 21.1 Å². The molecule has 0 spiro atoms. The van der Waals surface area contributed by atoms with Crippen molar-refractivity contribution in [2.75, 3.05) is 11.1 Å². The van der Waals surface area contributed by atoms with Crippen LogP contribution in [0.2, 0.25) is 0 Å². The Bertz CT molecular complexity index is 459. The molecule has 0 saturated carbocycles. The minimum Gasteiger partial charge on any atom is -0.397 e. The van der Waals surface area contributed by atoms with Gasteiger partial charge in [-0.1, -0.05) is 15.9 Å². The lowest BCUT2D eigenvalue weighted by Crippen LogP contribution is -2.41. The van der Waals surface area contributed by atoms with Gasteiger partial charge in [0.25, 0.3) is 0 Å². The number of alkyl halides is 4. The van der Waals surface area contributed by atoms with Gasteiger partial charge in [0.15, 0.2) is 0 Å². The second-order valence-corrected chi connectivity index (χ2v) is 5.00. The molecule has 0 unspecified atom stereocenters. The first-order chi connectivity index (χ1) is 8.16. The molecule has 0 radical (unpaired) electrons. The summed E-state index contributed by atoms with van der Waals surface area (Å²) in [5.74, 6) is -6.90. The first kappa shape index (κ1) is 15.2. The Morgan fingerprint density at radius 1 is 1.33 bits per heavy atom. The summed E-state index contributed by atoms with van der Waals surface area (Å²) in [5, 5.41) is 1.67. The monoisotopic (exact) mass is 392 g/mol. The zero-order chi connectivity index (χ0) is 14.1. The minimum atomic E-state index is -4.78. The van der Waals surface area contributed by atoms with E-state index in [9.17, 15) is 22.4 Å². The van der Waals surface area contributed by atoms with Crippen LogP contribution >= 0.6 is 31.9 Å². The maximum atomic E-state index is 12.7. The van der Waals surface area contributed by atoms with E-state index in [1.807, 2.05) is 0 Å². The van der Waals surface area contributed by atoms with Gasteiger partial charge in [0.05, 0.1) is 11.4 Å². The van der Waals surface area contributed by atoms with Crippen molar-refractivity contribution < 1.29 is 22.4 Å². The zero-order valence-electron chi connectivity index (χ0n) is 8.49. The summed E-state index contributed by atoms with van der Waals surface area (Å²) < 4.78 is 50.1. The molecule has 0 atom stereocenters. The molecule has 1 aromatic rings. The fourth-order valence-corrected chi connectivity index (χ4v) is 2.38. The van der Waals surface area contributed by atoms with Gasteiger partial charge in [0.1, 0.15) is 0 Å². The van der Waals surface area contributed by atoms with Gasteiger partial charge in [0, 0.05) is 8.95 Å². The van der Waals surface area contributed by atoms with Gasteiger partial charge in [-0.15, -0.1) is 0 Å². The molecule has 0 aliphatic carbocycles. The summed E-state index contributed by atoms with van der Waals surface area (Å²) >= 11 is 6.06. The smallest absolute Gasteiger partial charge is 0.383 e. The number of nitrogens with one attached hydrogen (secondary N) is 1. The number of benzene rings is 1. The van der Waals surface area contributed by atoms with Gasteiger partial charge in [0.2, 0.25) is 0 Å². The van der Waals surface area contributed by atoms with Crippen molar-refractivity contribution >= 4 is 49.1 Å². The van der Waals surface area contributed by atoms with Crippen molar-refractivity contribution in [1.29, 1.82) is 0 Å². The van der Waals surface area contributed by atoms with Crippen LogP contribution in [0, 0.1) is 0 Å². The molecule has 3 nitrogen and oxygen atoms in total. The van der Waals surface area contributed by atoms with E-state index in [0.717, 1.165) is 0 Å². The van der Waals surface area contributed by atoms with Crippen LogP contribution in [0.3, 0.4) is 0 Å². The number of rotatable bonds is 3. The molecule has 100 valence electrons. The number of hydrogen-bond acceptors (Lipinski definition) is 2. The van der Waals surface area contributed by atoms with Gasteiger partial charge in [-0.05, 0) is 28.1 Å². The lowest BCUT2D eigenvalue weighted by atomic mass is 10.2. The highest BCUT2D eigenvalue weighted by molar-refractivity contribution is 9.11. The fourth-order valence-electron chi connectivity index (χ4n) is 1.02. The normalized spacial score (nSPS) is 11.7. The molecule has 0 aliphatic heterocycles. The molecule has 1 aromatic carbocycles. The molecule has 0 aromatic heterocycles. The number of halogens is 6. The standard InChI is InChI=1S/C9H6Br2F4N2O/c10-3-1-4(11)6(5(16)2-3)17-8(18)9(14,15)7(12)13/h1-2,7H,16H2,(H,17,18). The maximum Gasteiger partial charge on any atom is 0.383 e. The highest BCUT2D eigenvalue weighted by Gasteiger charge is 2.49. The first-order valence-electron chi connectivity index (χ1n) is 4.38. The average Bonchev–Trinajstić information content (AvgIpc) is 2.22. The van der Waals surface area contributed by atoms with Crippen molar-refractivity contribution in [3.63, 3.8) is 0 Å². The number of carbonyl (C=O) groups excluding carboxylic acids is 1. The largest absolute Gasteiger partial charge is 0.397 e. The summed E-state index contributed by atoms with van der Waals surface area (Å²) in [4.78, 5) is 11.0. The number of anilines is 2. The lowest BCUT2D eigenvalue weighted by molar-refractivity contribution is -0.163. The Labute approximate surface area is 116 Å². The molecular weight excluding hydrogens is 388 g/mol. The van der Waals surface area contributed by atoms with E-state index in [-0.39, 0.29) is 15.8 Å². The Kier molecular flexibility index (Phi) is 4.60. The summed E-state index contributed by atoms with van der Waals surface area (Å²) in [6.07, 6.45) is -4.09. The molecule has 0 heterocycles. The Hall–Kier alpha value is -0.830. The molecule has 3 N–H and O–H groups in total. The van der Waals surface area contributed by atoms with Crippen LogP contribution in [-0.4, -0.2) is 18.3 Å². The fraction of sp³-hybridized carbons (Fsp3) is 0.222. The van der Waals surface area contributed by atoms with Gasteiger partial charge < -0.3 is 11.1 Å². The van der Waals surface area contributed by atoms with Crippen molar-refractivity contribution in [2.24, 2.45) is 0 Å². The molecular formula is C9H6Br2F4N2O. The second-order valence-electron chi connectivity index (χ2n) is 3.23. The summed E-state index contributed by atoms with van der Waals surface area (Å²) in [6.45, 7) is 0. The van der Waals surface area contributed by atoms with Crippen LogP contribution in [-0.2, 0) is 4.79 Å². The van der Waals surface area contributed by atoms with E-state index in [2.05, 4.69) is 31.9 Å². The molecule has 1 amide bonds. The van der Waals surface area contributed by atoms with Crippen LogP contribution < -0.4 is 11.1 Å². The molecule has 18 heavy (non-hydrogen) atoms. The van der Waals surface area contributed by atoms with Crippen LogP contribution in [0.5, 0.6) is 0 Å². The average molecular weight is 394 g/mol. The molecule has 9 heteroatoms. The van der Waals surface area contributed by atoms with Crippen LogP contribution in [0.1, 0.15) is 0 Å². The van der Waals surface area contributed by atoms with Crippen molar-refractivity contribution in [3.8, 4) is 0 Å². The minimum absolute atomic E-state index is 0.0466. The van der Waals surface area contributed by atoms with E-state index in [4.69, 9.17) is 5.73 Å². The third-order valence-electron chi connectivity index (χ3n) is 1.90. The lowest BCUT2D eigenvalue weighted by Gasteiger charge is -2.16. The van der Waals surface area contributed by atoms with E-state index in [1.54, 1.807) is 5.32 Å². The third-order valence-corrected chi connectivity index (χ3v) is 2.98. The van der Waals surface area contributed by atoms with Gasteiger partial charge in [-0.25, -0.2) is 8.78 Å². The zero-order valence-corrected chi connectivity index (χ0v) is 11.7. The Morgan fingerprint density at radius 2 is 1.89 bits per heavy atom. The number of nitrogens with two attached hydrogens (primary N) is 1. The molecule has 0 saturated heterocycles. The quantitative estimate of drug-likeness (QED) is 0.608. The second kappa shape index (κ2) is 5.43. The van der Waals surface area contributed by atoms with Crippen molar-refractivity contribution in [2.45, 2.75) is 12.3 Å². The summed E-state index contributed by atoms with van der Waals surface area (Å²) in [7, 11) is 0. The van der Waals surface area contributed by atoms with E-state index >= 15 is 0 Å². The number of amides is 1. The summed E-state index contributed by atoms with van der Waals surface area (Å²) in [5.41, 5.74) is 5.24. The van der Waals surface area contributed by atoms with E-state index < -0.39 is 18.3 Å². The van der Waals surface area contributed by atoms with Crippen LogP contribution in [0.4, 0.5) is 28.9 Å². The highest BCUT2D eigenvalue weighted by atomic mass is 79.9. The van der Waals surface area contributed by atoms with Gasteiger partial charge in [-0.3, -0.25) is 4.79 Å². The maximum absolute atomic E-state index is 12.7. The topological polar surface area (TPSA) is 55.1 Å². The van der Waals surface area contributed by atoms with Crippen LogP contribution in [0.25, 0.3) is 0 Å². The third kappa shape index (κ3) is 3.14. The van der Waals surface area contributed by atoms with E-state index in [0.29, 0.717) is 4.47 Å². The van der Waals surface area contributed by atoms with Crippen LogP contribution in [0.15, 0.2) is 21.1 Å². The van der Waals surface area contributed by atoms with Gasteiger partial charge in [-0.2, -0.15) is 8.78 Å². The molecule has 0 fully saturated rings. The summed E-state index contributed by atoms with van der Waals surface area (Å²) in [6, 6.07) is 2.76. The first-order valence-corrected chi connectivity index (χ1v) is 5.96. The molecule has 1 rings (SSSR count). The Morgan fingerprint density at radius 3 is 2.33 bits per heavy atom. The van der Waals surface area contributed by atoms with Gasteiger partial charge >= 0.3 is 18.3 Å². The Balaban J connectivity index is 3.03. The number of carbonyl (C=O) groups is 1. The predicted molar refractivity (Wildman–Crippen MR) is 65.8 cm³/mol.